The van der Waals surface area contributed by atoms with Crippen LogP contribution in [0.25, 0.3) is 0 Å². The first-order chi connectivity index (χ1) is 12.4. The van der Waals surface area contributed by atoms with Gasteiger partial charge in [-0.05, 0) is 33.6 Å². The predicted molar refractivity (Wildman–Crippen MR) is 103 cm³/mol. The normalized spacial score (nSPS) is 22.4. The first kappa shape index (κ1) is 20.8. The van der Waals surface area contributed by atoms with E-state index in [4.69, 9.17) is 9.47 Å². The molecule has 2 aliphatic heterocycles. The summed E-state index contributed by atoms with van der Waals surface area (Å²) in [5, 5.41) is 6.17. The van der Waals surface area contributed by atoms with Crippen LogP contribution in [0, 0.1) is 0 Å². The van der Waals surface area contributed by atoms with E-state index in [-0.39, 0.29) is 6.09 Å². The lowest BCUT2D eigenvalue weighted by molar-refractivity contribution is 0.0195. The van der Waals surface area contributed by atoms with Crippen molar-refractivity contribution in [2.24, 2.45) is 4.99 Å². The van der Waals surface area contributed by atoms with Crippen LogP contribution in [0.4, 0.5) is 4.79 Å². The molecule has 150 valence electrons. The zero-order chi connectivity index (χ0) is 19.0. The molecule has 0 aromatic carbocycles. The van der Waals surface area contributed by atoms with Crippen molar-refractivity contribution in [1.29, 1.82) is 0 Å². The van der Waals surface area contributed by atoms with Gasteiger partial charge in [-0.15, -0.1) is 0 Å². The quantitative estimate of drug-likeness (QED) is 0.426. The second-order valence-corrected chi connectivity index (χ2v) is 7.79. The molecule has 8 heteroatoms. The minimum absolute atomic E-state index is 0.366. The molecule has 8 nitrogen and oxygen atoms in total. The van der Waals surface area contributed by atoms with Crippen molar-refractivity contribution in [3.63, 3.8) is 0 Å². The maximum absolute atomic E-state index is 11.6. The number of carbonyl (C=O) groups is 1. The van der Waals surface area contributed by atoms with Crippen LogP contribution in [-0.2, 0) is 9.47 Å². The Hall–Kier alpha value is -1.54. The number of morpholine rings is 1. The summed E-state index contributed by atoms with van der Waals surface area (Å²) in [6, 6.07) is 0.589. The Morgan fingerprint density at radius 2 is 1.88 bits per heavy atom. The van der Waals surface area contributed by atoms with Crippen LogP contribution in [-0.4, -0.2) is 93.0 Å². The Bertz CT molecular complexity index is 472. The molecule has 0 spiro atoms. The third kappa shape index (κ3) is 6.99. The van der Waals surface area contributed by atoms with Gasteiger partial charge in [-0.3, -0.25) is 9.89 Å². The number of hydrogen-bond acceptors (Lipinski definition) is 5. The first-order valence-corrected chi connectivity index (χ1v) is 9.63. The topological polar surface area (TPSA) is 78.4 Å². The van der Waals surface area contributed by atoms with Crippen molar-refractivity contribution in [2.45, 2.75) is 45.3 Å². The number of nitrogens with zero attached hydrogens (tertiary/aromatic N) is 3. The average molecular weight is 370 g/mol. The standard InChI is InChI=1S/C18H35N5O3/c1-18(2,3)26-17(24)21-8-5-7-20-16(19-4)23-9-6-15(14-23)22-10-12-25-13-11-22/h15H,5-14H2,1-4H3,(H,19,20)(H,21,24). The Morgan fingerprint density at radius 1 is 1.19 bits per heavy atom. The highest BCUT2D eigenvalue weighted by Gasteiger charge is 2.30. The zero-order valence-electron chi connectivity index (χ0n) is 16.7. The number of amides is 1. The van der Waals surface area contributed by atoms with Gasteiger partial charge >= 0.3 is 6.09 Å². The molecule has 1 amide bonds. The van der Waals surface area contributed by atoms with Crippen LogP contribution in [0.5, 0.6) is 0 Å². The number of hydrogen-bond donors (Lipinski definition) is 2. The van der Waals surface area contributed by atoms with Crippen molar-refractivity contribution >= 4 is 12.1 Å². The van der Waals surface area contributed by atoms with E-state index in [0.717, 1.165) is 58.3 Å². The number of rotatable bonds is 5. The van der Waals surface area contributed by atoms with Gasteiger partial charge in [0, 0.05) is 52.4 Å². The van der Waals surface area contributed by atoms with Gasteiger partial charge in [0.05, 0.1) is 13.2 Å². The number of likely N-dealkylation sites (tertiary alicyclic amines) is 1. The number of alkyl carbamates (subject to hydrolysis) is 1. The molecule has 0 aromatic heterocycles. The highest BCUT2D eigenvalue weighted by atomic mass is 16.6. The van der Waals surface area contributed by atoms with E-state index >= 15 is 0 Å². The van der Waals surface area contributed by atoms with Crippen molar-refractivity contribution < 1.29 is 14.3 Å². The van der Waals surface area contributed by atoms with Crippen molar-refractivity contribution in [3.05, 3.63) is 0 Å². The van der Waals surface area contributed by atoms with E-state index in [0.29, 0.717) is 12.6 Å². The lowest BCUT2D eigenvalue weighted by Gasteiger charge is -2.32. The van der Waals surface area contributed by atoms with Gasteiger partial charge in [-0.25, -0.2) is 4.79 Å². The maximum atomic E-state index is 11.6. The molecule has 2 saturated heterocycles. The molecule has 1 unspecified atom stereocenters. The molecule has 2 fully saturated rings. The van der Waals surface area contributed by atoms with Crippen molar-refractivity contribution in [1.82, 2.24) is 20.4 Å². The smallest absolute Gasteiger partial charge is 0.407 e. The summed E-state index contributed by atoms with van der Waals surface area (Å²) in [6.45, 7) is 12.7. The van der Waals surface area contributed by atoms with E-state index < -0.39 is 5.60 Å². The Balaban J connectivity index is 1.63. The van der Waals surface area contributed by atoms with Gasteiger partial charge in [-0.1, -0.05) is 0 Å². The molecule has 1 atom stereocenters. The molecule has 2 N–H and O–H groups in total. The number of aliphatic imine (C=N–C) groups is 1. The SMILES string of the molecule is CN=C(NCCCNC(=O)OC(C)(C)C)N1CCC(N2CCOCC2)C1. The Morgan fingerprint density at radius 3 is 2.54 bits per heavy atom. The summed E-state index contributed by atoms with van der Waals surface area (Å²) in [5.41, 5.74) is -0.461. The Labute approximate surface area is 157 Å². The fourth-order valence-electron chi connectivity index (χ4n) is 3.30. The van der Waals surface area contributed by atoms with Gasteiger partial charge in [0.2, 0.25) is 0 Å². The second kappa shape index (κ2) is 9.97. The fourth-order valence-corrected chi connectivity index (χ4v) is 3.30. The number of guanidine groups is 1. The molecule has 0 saturated carbocycles. The highest BCUT2D eigenvalue weighted by Crippen LogP contribution is 2.17. The van der Waals surface area contributed by atoms with Crippen LogP contribution >= 0.6 is 0 Å². The van der Waals surface area contributed by atoms with Crippen LogP contribution < -0.4 is 10.6 Å². The molecular weight excluding hydrogens is 334 g/mol. The summed E-state index contributed by atoms with van der Waals surface area (Å²) >= 11 is 0. The largest absolute Gasteiger partial charge is 0.444 e. The van der Waals surface area contributed by atoms with Crippen LogP contribution in [0.15, 0.2) is 4.99 Å². The van der Waals surface area contributed by atoms with Crippen LogP contribution in [0.2, 0.25) is 0 Å². The molecular formula is C18H35N5O3. The lowest BCUT2D eigenvalue weighted by atomic mass is 10.2. The molecule has 0 bridgehead atoms. The van der Waals surface area contributed by atoms with E-state index in [2.05, 4.69) is 25.4 Å². The summed E-state index contributed by atoms with van der Waals surface area (Å²) in [6.07, 6.45) is 1.62. The van der Waals surface area contributed by atoms with E-state index in [9.17, 15) is 4.79 Å². The summed E-state index contributed by atoms with van der Waals surface area (Å²) < 4.78 is 10.7. The summed E-state index contributed by atoms with van der Waals surface area (Å²) in [4.78, 5) is 20.9. The van der Waals surface area contributed by atoms with Crippen molar-refractivity contribution in [2.75, 3.05) is 59.5 Å². The molecule has 0 aliphatic carbocycles. The van der Waals surface area contributed by atoms with Crippen LogP contribution in [0.1, 0.15) is 33.6 Å². The van der Waals surface area contributed by atoms with Gasteiger partial charge in [0.15, 0.2) is 5.96 Å². The van der Waals surface area contributed by atoms with Crippen molar-refractivity contribution in [3.8, 4) is 0 Å². The lowest BCUT2D eigenvalue weighted by Crippen LogP contribution is -2.47. The molecule has 0 aromatic rings. The molecule has 2 heterocycles. The fraction of sp³-hybridized carbons (Fsp3) is 0.889. The van der Waals surface area contributed by atoms with Gasteiger partial charge in [0.25, 0.3) is 0 Å². The van der Waals surface area contributed by atoms with E-state index in [1.807, 2.05) is 27.8 Å². The average Bonchev–Trinajstić information content (AvgIpc) is 3.07. The maximum Gasteiger partial charge on any atom is 0.407 e. The minimum atomic E-state index is -0.461. The monoisotopic (exact) mass is 369 g/mol. The third-order valence-corrected chi connectivity index (χ3v) is 4.54. The number of ether oxygens (including phenoxy) is 2. The first-order valence-electron chi connectivity index (χ1n) is 9.63. The van der Waals surface area contributed by atoms with E-state index in [1.165, 1.54) is 6.42 Å². The molecule has 26 heavy (non-hydrogen) atoms. The third-order valence-electron chi connectivity index (χ3n) is 4.54. The Kier molecular flexibility index (Phi) is 7.96. The zero-order valence-corrected chi connectivity index (χ0v) is 16.7. The second-order valence-electron chi connectivity index (χ2n) is 7.79. The van der Waals surface area contributed by atoms with Gasteiger partial charge < -0.3 is 25.0 Å². The van der Waals surface area contributed by atoms with Gasteiger partial charge in [-0.2, -0.15) is 0 Å². The van der Waals surface area contributed by atoms with Crippen LogP contribution in [0.3, 0.4) is 0 Å². The molecule has 0 radical (unpaired) electrons. The molecule has 2 aliphatic rings. The summed E-state index contributed by atoms with van der Waals surface area (Å²) in [5.74, 6) is 0.943. The van der Waals surface area contributed by atoms with Gasteiger partial charge in [0.1, 0.15) is 5.60 Å². The van der Waals surface area contributed by atoms with E-state index in [1.54, 1.807) is 0 Å². The highest BCUT2D eigenvalue weighted by molar-refractivity contribution is 5.80. The predicted octanol–water partition coefficient (Wildman–Crippen LogP) is 0.883. The number of carbonyl (C=O) groups excluding carboxylic acids is 1. The number of nitrogens with one attached hydrogen (secondary N) is 2. The molecule has 2 rings (SSSR count). The minimum Gasteiger partial charge on any atom is -0.444 e. The summed E-state index contributed by atoms with van der Waals surface area (Å²) in [7, 11) is 1.82.